The number of aliphatic carboxylic acids is 1. The molecule has 0 heterocycles. The second kappa shape index (κ2) is 10.3. The summed E-state index contributed by atoms with van der Waals surface area (Å²) in [4.78, 5) is 21.7. The Bertz CT molecular complexity index is 515. The lowest BCUT2D eigenvalue weighted by atomic mass is 9.80. The first-order valence-corrected chi connectivity index (χ1v) is 10.7. The van der Waals surface area contributed by atoms with Crippen molar-refractivity contribution in [3.8, 4) is 0 Å². The number of allylic oxidation sites excluding steroid dienone is 1. The van der Waals surface area contributed by atoms with Gasteiger partial charge in [0.25, 0.3) is 0 Å². The van der Waals surface area contributed by atoms with E-state index in [2.05, 4.69) is 40.9 Å². The molecular weight excluding hydrogens is 352 g/mol. The fraction of sp³-hybridized carbons (Fsp3) is 0.750. The van der Waals surface area contributed by atoms with Crippen molar-refractivity contribution in [1.82, 2.24) is 0 Å². The summed E-state index contributed by atoms with van der Waals surface area (Å²) in [6.45, 7) is 17.9. The summed E-state index contributed by atoms with van der Waals surface area (Å²) in [7, 11) is 0. The fourth-order valence-electron chi connectivity index (χ4n) is 4.74. The molecule has 2 fully saturated rings. The highest BCUT2D eigenvalue weighted by atomic mass is 16.6. The first-order valence-electron chi connectivity index (χ1n) is 10.7. The minimum absolute atomic E-state index is 0.124. The predicted molar refractivity (Wildman–Crippen MR) is 114 cm³/mol. The lowest BCUT2D eigenvalue weighted by Gasteiger charge is -2.25. The third-order valence-corrected chi connectivity index (χ3v) is 6.77. The van der Waals surface area contributed by atoms with E-state index in [-0.39, 0.29) is 23.4 Å². The van der Waals surface area contributed by atoms with E-state index in [0.29, 0.717) is 23.7 Å². The van der Waals surface area contributed by atoms with Gasteiger partial charge >= 0.3 is 11.9 Å². The molecule has 2 saturated carbocycles. The van der Waals surface area contributed by atoms with Crippen molar-refractivity contribution in [3.05, 3.63) is 25.3 Å². The van der Waals surface area contributed by atoms with Gasteiger partial charge in [0.2, 0.25) is 0 Å². The van der Waals surface area contributed by atoms with Crippen LogP contribution in [0.5, 0.6) is 0 Å². The van der Waals surface area contributed by atoms with Gasteiger partial charge in [0.15, 0.2) is 0 Å². The molecule has 0 aromatic carbocycles. The van der Waals surface area contributed by atoms with Gasteiger partial charge in [-0.25, -0.2) is 0 Å². The van der Waals surface area contributed by atoms with E-state index in [1.54, 1.807) is 6.08 Å². The average Bonchev–Trinajstić information content (AvgIpc) is 3.20. The molecule has 4 atom stereocenters. The largest absolute Gasteiger partial charge is 0.481 e. The van der Waals surface area contributed by atoms with Crippen molar-refractivity contribution in [1.29, 1.82) is 0 Å². The normalized spacial score (nSPS) is 32.0. The molecule has 160 valence electrons. The highest BCUT2D eigenvalue weighted by molar-refractivity contribution is 5.68. The number of hydrogen-bond acceptors (Lipinski definition) is 3. The second-order valence-electron chi connectivity index (χ2n) is 9.49. The Balaban J connectivity index is 0.000000280. The molecule has 0 saturated heterocycles. The van der Waals surface area contributed by atoms with Crippen LogP contribution in [0.3, 0.4) is 0 Å². The molecule has 0 unspecified atom stereocenters. The number of carbonyl (C=O) groups is 2. The van der Waals surface area contributed by atoms with Crippen molar-refractivity contribution in [2.45, 2.75) is 85.2 Å². The van der Waals surface area contributed by atoms with Crippen molar-refractivity contribution < 1.29 is 19.4 Å². The Morgan fingerprint density at radius 3 is 1.93 bits per heavy atom. The van der Waals surface area contributed by atoms with Crippen LogP contribution in [0, 0.1) is 29.1 Å². The van der Waals surface area contributed by atoms with Crippen LogP contribution in [0.1, 0.15) is 79.6 Å². The van der Waals surface area contributed by atoms with Crippen LogP contribution in [0.4, 0.5) is 0 Å². The van der Waals surface area contributed by atoms with Crippen LogP contribution >= 0.6 is 0 Å². The SMILES string of the molecule is C=C[C@@]1(CC(=O)O)CC[C@H](C(C)C)C1.C=C[C@]1(OC(C)=O)CC[C@@H](C(C)C)C1. The smallest absolute Gasteiger partial charge is 0.304 e. The van der Waals surface area contributed by atoms with E-state index in [0.717, 1.165) is 38.5 Å². The quantitative estimate of drug-likeness (QED) is 0.425. The molecule has 1 N–H and O–H groups in total. The molecule has 4 nitrogen and oxygen atoms in total. The first kappa shape index (κ1) is 24.5. The van der Waals surface area contributed by atoms with Gasteiger partial charge in [-0.15, -0.1) is 6.58 Å². The predicted octanol–water partition coefficient (Wildman–Crippen LogP) is 6.02. The van der Waals surface area contributed by atoms with E-state index in [9.17, 15) is 9.59 Å². The molecule has 0 aromatic rings. The molecule has 0 radical (unpaired) electrons. The number of ether oxygens (including phenoxy) is 1. The lowest BCUT2D eigenvalue weighted by molar-refractivity contribution is -0.152. The summed E-state index contributed by atoms with van der Waals surface area (Å²) >= 11 is 0. The summed E-state index contributed by atoms with van der Waals surface area (Å²) < 4.78 is 5.37. The van der Waals surface area contributed by atoms with Crippen molar-refractivity contribution >= 4 is 11.9 Å². The van der Waals surface area contributed by atoms with Crippen LogP contribution in [-0.4, -0.2) is 22.6 Å². The Kier molecular flexibility index (Phi) is 8.97. The van der Waals surface area contributed by atoms with Crippen LogP contribution in [0.25, 0.3) is 0 Å². The van der Waals surface area contributed by atoms with E-state index >= 15 is 0 Å². The third kappa shape index (κ3) is 6.79. The summed E-state index contributed by atoms with van der Waals surface area (Å²) in [5, 5.41) is 8.85. The topological polar surface area (TPSA) is 63.6 Å². The Labute approximate surface area is 171 Å². The Morgan fingerprint density at radius 1 is 1.04 bits per heavy atom. The van der Waals surface area contributed by atoms with Gasteiger partial charge in [0.05, 0.1) is 6.42 Å². The first-order chi connectivity index (χ1) is 13.0. The lowest BCUT2D eigenvalue weighted by Crippen LogP contribution is -2.29. The molecule has 0 amide bonds. The number of hydrogen-bond donors (Lipinski definition) is 1. The van der Waals surface area contributed by atoms with Gasteiger partial charge in [-0.2, -0.15) is 0 Å². The van der Waals surface area contributed by atoms with Crippen molar-refractivity contribution in [2.24, 2.45) is 29.1 Å². The van der Waals surface area contributed by atoms with E-state index < -0.39 is 5.97 Å². The van der Waals surface area contributed by atoms with Gasteiger partial charge in [-0.05, 0) is 73.7 Å². The number of carboxylic acid groups (broad SMARTS) is 1. The standard InChI is InChI=1S/2C12H20O2/c1-5-12(14-10(4)13)7-6-11(8-12)9(2)3;1-4-12(8-11(13)14)6-5-10(7-12)9(2)3/h5,9,11H,1,6-8H2,2-4H3;4,9-10H,1,5-8H2,2-3H3,(H,13,14)/t11-,12+;10-,12+/m10/s1. The maximum atomic E-state index is 11.0. The van der Waals surface area contributed by atoms with E-state index in [1.165, 1.54) is 6.92 Å². The van der Waals surface area contributed by atoms with Crippen LogP contribution in [-0.2, 0) is 14.3 Å². The van der Waals surface area contributed by atoms with Gasteiger partial charge in [-0.1, -0.05) is 40.3 Å². The van der Waals surface area contributed by atoms with Gasteiger partial charge in [-0.3, -0.25) is 9.59 Å². The van der Waals surface area contributed by atoms with Gasteiger partial charge in [0.1, 0.15) is 5.60 Å². The summed E-state index contributed by atoms with van der Waals surface area (Å²) in [5.41, 5.74) is -0.498. The zero-order chi connectivity index (χ0) is 21.5. The molecule has 2 aliphatic carbocycles. The van der Waals surface area contributed by atoms with Crippen LogP contribution in [0.15, 0.2) is 25.3 Å². The molecule has 0 spiro atoms. The average molecular weight is 393 g/mol. The van der Waals surface area contributed by atoms with Crippen LogP contribution in [0.2, 0.25) is 0 Å². The maximum absolute atomic E-state index is 11.0. The summed E-state index contributed by atoms with van der Waals surface area (Å²) in [6.07, 6.45) is 10.1. The van der Waals surface area contributed by atoms with E-state index in [4.69, 9.17) is 9.84 Å². The minimum atomic E-state index is -0.700. The second-order valence-corrected chi connectivity index (χ2v) is 9.49. The van der Waals surface area contributed by atoms with Crippen LogP contribution < -0.4 is 0 Å². The molecule has 0 bridgehead atoms. The minimum Gasteiger partial charge on any atom is -0.481 e. The third-order valence-electron chi connectivity index (χ3n) is 6.77. The molecule has 4 heteroatoms. The number of esters is 1. The summed E-state index contributed by atoms with van der Waals surface area (Å²) in [6, 6.07) is 0. The number of rotatable bonds is 7. The molecule has 0 aromatic heterocycles. The van der Waals surface area contributed by atoms with Gasteiger partial charge < -0.3 is 9.84 Å². The fourth-order valence-corrected chi connectivity index (χ4v) is 4.74. The molecule has 2 aliphatic rings. The maximum Gasteiger partial charge on any atom is 0.304 e. The molecule has 2 rings (SSSR count). The Morgan fingerprint density at radius 2 is 1.57 bits per heavy atom. The molecule has 28 heavy (non-hydrogen) atoms. The Hall–Kier alpha value is -1.58. The number of carbonyl (C=O) groups excluding carboxylic acids is 1. The highest BCUT2D eigenvalue weighted by Gasteiger charge is 2.40. The zero-order valence-electron chi connectivity index (χ0n) is 18.5. The highest BCUT2D eigenvalue weighted by Crippen LogP contribution is 2.47. The van der Waals surface area contributed by atoms with Crippen molar-refractivity contribution in [3.63, 3.8) is 0 Å². The van der Waals surface area contributed by atoms with E-state index in [1.807, 2.05) is 6.08 Å². The monoisotopic (exact) mass is 392 g/mol. The summed E-state index contributed by atoms with van der Waals surface area (Å²) in [5.74, 6) is 1.75. The van der Waals surface area contributed by atoms with Gasteiger partial charge in [0, 0.05) is 6.92 Å². The molecule has 0 aliphatic heterocycles. The van der Waals surface area contributed by atoms with Crippen molar-refractivity contribution in [2.75, 3.05) is 0 Å². The number of carboxylic acids is 1. The molecular formula is C24H40O4. The zero-order valence-corrected chi connectivity index (χ0v) is 18.5.